The summed E-state index contributed by atoms with van der Waals surface area (Å²) in [5.74, 6) is 0.427. The first-order valence-corrected chi connectivity index (χ1v) is 7.88. The van der Waals surface area contributed by atoms with Crippen LogP contribution in [0.3, 0.4) is 0 Å². The Hall–Kier alpha value is -2.42. The fourth-order valence-electron chi connectivity index (χ4n) is 3.19. The molecule has 0 saturated carbocycles. The van der Waals surface area contributed by atoms with E-state index in [0.717, 1.165) is 5.56 Å². The highest BCUT2D eigenvalue weighted by Gasteiger charge is 2.36. The van der Waals surface area contributed by atoms with E-state index in [9.17, 15) is 14.9 Å². The van der Waals surface area contributed by atoms with Crippen molar-refractivity contribution in [1.82, 2.24) is 9.88 Å². The minimum atomic E-state index is -0.401. The molecule has 24 heavy (non-hydrogen) atoms. The highest BCUT2D eigenvalue weighted by Crippen LogP contribution is 2.39. The van der Waals surface area contributed by atoms with E-state index >= 15 is 0 Å². The van der Waals surface area contributed by atoms with Gasteiger partial charge in [-0.25, -0.2) is 0 Å². The number of rotatable bonds is 4. The molecule has 9 heteroatoms. The topological polar surface area (TPSA) is 115 Å². The lowest BCUT2D eigenvalue weighted by atomic mass is 10.0. The molecule has 0 aromatic carbocycles. The normalized spacial score (nSPS) is 19.7. The maximum Gasteiger partial charge on any atom is 0.312 e. The number of fused-ring (bicyclic) bond motifs is 1. The number of ether oxygens (including phenoxy) is 1. The predicted molar refractivity (Wildman–Crippen MR) is 87.1 cm³/mol. The molecule has 2 aliphatic heterocycles. The molecule has 3 rings (SSSR count). The highest BCUT2D eigenvalue weighted by atomic mass is 16.6. The number of hydrogen-bond donors (Lipinski definition) is 1. The van der Waals surface area contributed by atoms with Gasteiger partial charge >= 0.3 is 5.69 Å². The lowest BCUT2D eigenvalue weighted by Gasteiger charge is -2.34. The second-order valence-corrected chi connectivity index (χ2v) is 6.82. The Morgan fingerprint density at radius 2 is 2.08 bits per heavy atom. The first-order valence-electron chi connectivity index (χ1n) is 7.88. The number of piperazine rings is 1. The maximum atomic E-state index is 11.5. The zero-order chi connectivity index (χ0) is 17.5. The fourth-order valence-corrected chi connectivity index (χ4v) is 3.19. The van der Waals surface area contributed by atoms with Gasteiger partial charge in [0.25, 0.3) is 0 Å². The lowest BCUT2D eigenvalue weighted by Crippen LogP contribution is -2.49. The lowest BCUT2D eigenvalue weighted by molar-refractivity contribution is -0.384. The minimum Gasteiger partial charge on any atom is -0.471 e. The number of anilines is 1. The van der Waals surface area contributed by atoms with E-state index in [1.807, 2.05) is 23.6 Å². The Labute approximate surface area is 139 Å². The third-order valence-corrected chi connectivity index (χ3v) is 4.26. The molecule has 130 valence electrons. The largest absolute Gasteiger partial charge is 0.471 e. The Kier molecular flexibility index (Phi) is 4.04. The van der Waals surface area contributed by atoms with Gasteiger partial charge in [0.15, 0.2) is 0 Å². The van der Waals surface area contributed by atoms with Crippen molar-refractivity contribution in [3.63, 3.8) is 0 Å². The van der Waals surface area contributed by atoms with Gasteiger partial charge in [0.1, 0.15) is 5.60 Å². The van der Waals surface area contributed by atoms with Crippen LogP contribution in [0, 0.1) is 10.1 Å². The van der Waals surface area contributed by atoms with Gasteiger partial charge in [-0.3, -0.25) is 19.8 Å². The smallest absolute Gasteiger partial charge is 0.312 e. The van der Waals surface area contributed by atoms with Gasteiger partial charge in [-0.1, -0.05) is 0 Å². The molecule has 1 aromatic rings. The number of hydrogen-bond acceptors (Lipinski definition) is 7. The number of primary amides is 1. The standard InChI is InChI=1S/C15H21N5O4/c1-15(2)8-10-7-11(20(22)23)13(17-14(10)24-15)19-5-3-18(4-6-19)9-12(16)21/h7H,3-6,8-9H2,1-2H3,(H2,16,21). The number of nitro groups is 1. The van der Waals surface area contributed by atoms with E-state index < -0.39 is 10.5 Å². The summed E-state index contributed by atoms with van der Waals surface area (Å²) in [7, 11) is 0. The van der Waals surface area contributed by atoms with Gasteiger partial charge in [-0.05, 0) is 13.8 Å². The summed E-state index contributed by atoms with van der Waals surface area (Å²) >= 11 is 0. The first kappa shape index (κ1) is 16.4. The van der Waals surface area contributed by atoms with Crippen molar-refractivity contribution in [3.05, 3.63) is 21.7 Å². The minimum absolute atomic E-state index is 0.00148. The van der Waals surface area contributed by atoms with Gasteiger partial charge in [0.05, 0.1) is 11.5 Å². The second kappa shape index (κ2) is 5.90. The molecule has 0 spiro atoms. The summed E-state index contributed by atoms with van der Waals surface area (Å²) < 4.78 is 5.80. The molecular formula is C15H21N5O4. The van der Waals surface area contributed by atoms with Gasteiger partial charge in [-0.2, -0.15) is 4.98 Å². The molecule has 2 aliphatic rings. The molecule has 0 radical (unpaired) electrons. The van der Waals surface area contributed by atoms with Crippen LogP contribution >= 0.6 is 0 Å². The molecule has 3 heterocycles. The molecule has 1 fully saturated rings. The SMILES string of the molecule is CC1(C)Cc2cc([N+](=O)[O-])c(N3CCN(CC(N)=O)CC3)nc2O1. The fraction of sp³-hybridized carbons (Fsp3) is 0.600. The average Bonchev–Trinajstić information content (AvgIpc) is 2.79. The average molecular weight is 335 g/mol. The summed E-state index contributed by atoms with van der Waals surface area (Å²) in [6.45, 7) is 6.36. The quantitative estimate of drug-likeness (QED) is 0.622. The Bertz CT molecular complexity index is 683. The second-order valence-electron chi connectivity index (χ2n) is 6.82. The van der Waals surface area contributed by atoms with E-state index in [4.69, 9.17) is 10.5 Å². The molecule has 0 unspecified atom stereocenters. The molecule has 0 aliphatic carbocycles. The number of carbonyl (C=O) groups is 1. The third kappa shape index (κ3) is 3.25. The van der Waals surface area contributed by atoms with Crippen molar-refractivity contribution >= 4 is 17.4 Å². The number of amides is 1. The van der Waals surface area contributed by atoms with Gasteiger partial charge in [-0.15, -0.1) is 0 Å². The van der Waals surface area contributed by atoms with E-state index in [2.05, 4.69) is 4.98 Å². The van der Waals surface area contributed by atoms with Crippen LogP contribution in [-0.2, 0) is 11.2 Å². The van der Waals surface area contributed by atoms with E-state index in [1.165, 1.54) is 0 Å². The predicted octanol–water partition coefficient (Wildman–Crippen LogP) is 0.311. The Morgan fingerprint density at radius 1 is 1.42 bits per heavy atom. The first-order chi connectivity index (χ1) is 11.2. The molecule has 0 atom stereocenters. The number of nitrogens with zero attached hydrogens (tertiary/aromatic N) is 4. The van der Waals surface area contributed by atoms with Crippen LogP contribution in [0.4, 0.5) is 11.5 Å². The van der Waals surface area contributed by atoms with Crippen LogP contribution in [0.25, 0.3) is 0 Å². The van der Waals surface area contributed by atoms with Crippen LogP contribution < -0.4 is 15.4 Å². The molecule has 1 saturated heterocycles. The number of aromatic nitrogens is 1. The number of carbonyl (C=O) groups excluding carboxylic acids is 1. The zero-order valence-electron chi connectivity index (χ0n) is 13.8. The molecular weight excluding hydrogens is 314 g/mol. The summed E-state index contributed by atoms with van der Waals surface area (Å²) in [6.07, 6.45) is 0.600. The van der Waals surface area contributed by atoms with Gasteiger partial charge in [0, 0.05) is 44.2 Å². The van der Waals surface area contributed by atoms with Crippen LogP contribution in [0.2, 0.25) is 0 Å². The van der Waals surface area contributed by atoms with Crippen LogP contribution in [0.5, 0.6) is 5.88 Å². The van der Waals surface area contributed by atoms with Crippen molar-refractivity contribution in [2.24, 2.45) is 5.73 Å². The van der Waals surface area contributed by atoms with E-state index in [0.29, 0.717) is 44.3 Å². The van der Waals surface area contributed by atoms with Crippen LogP contribution in [-0.4, -0.2) is 59.0 Å². The van der Waals surface area contributed by atoms with Crippen molar-refractivity contribution < 1.29 is 14.5 Å². The van der Waals surface area contributed by atoms with Crippen LogP contribution in [0.15, 0.2) is 6.07 Å². The molecule has 0 bridgehead atoms. The Balaban J connectivity index is 1.84. The zero-order valence-corrected chi connectivity index (χ0v) is 13.8. The van der Waals surface area contributed by atoms with Gasteiger partial charge in [0.2, 0.25) is 17.6 Å². The number of pyridine rings is 1. The summed E-state index contributed by atoms with van der Waals surface area (Å²) in [6, 6.07) is 1.57. The van der Waals surface area contributed by atoms with Crippen molar-refractivity contribution in [3.8, 4) is 5.88 Å². The van der Waals surface area contributed by atoms with Crippen molar-refractivity contribution in [2.45, 2.75) is 25.9 Å². The van der Waals surface area contributed by atoms with Gasteiger partial charge < -0.3 is 15.4 Å². The van der Waals surface area contributed by atoms with Crippen molar-refractivity contribution in [2.75, 3.05) is 37.6 Å². The summed E-state index contributed by atoms with van der Waals surface area (Å²) in [4.78, 5) is 30.3. The molecule has 2 N–H and O–H groups in total. The van der Waals surface area contributed by atoms with E-state index in [1.54, 1.807) is 6.07 Å². The number of nitrogens with two attached hydrogens (primary N) is 1. The molecule has 1 amide bonds. The van der Waals surface area contributed by atoms with Crippen molar-refractivity contribution in [1.29, 1.82) is 0 Å². The van der Waals surface area contributed by atoms with E-state index in [-0.39, 0.29) is 18.1 Å². The summed E-state index contributed by atoms with van der Waals surface area (Å²) in [5, 5.41) is 11.5. The Morgan fingerprint density at radius 3 is 2.67 bits per heavy atom. The summed E-state index contributed by atoms with van der Waals surface area (Å²) in [5.41, 5.74) is 5.57. The monoisotopic (exact) mass is 335 g/mol. The third-order valence-electron chi connectivity index (χ3n) is 4.26. The molecule has 9 nitrogen and oxygen atoms in total. The molecule has 1 aromatic heterocycles. The highest BCUT2D eigenvalue weighted by molar-refractivity contribution is 5.76. The van der Waals surface area contributed by atoms with Crippen LogP contribution in [0.1, 0.15) is 19.4 Å². The maximum absolute atomic E-state index is 11.5.